The minimum absolute atomic E-state index is 0.114. The largest absolute Gasteiger partial charge is 0.443 e. The lowest BCUT2D eigenvalue weighted by Crippen LogP contribution is -2.43. The van der Waals surface area contributed by atoms with E-state index in [4.69, 9.17) is 4.74 Å². The van der Waals surface area contributed by atoms with Crippen molar-refractivity contribution in [2.45, 2.75) is 51.7 Å². The fraction of sp³-hybridized carbons (Fsp3) is 0.476. The van der Waals surface area contributed by atoms with Gasteiger partial charge in [0.05, 0.1) is 11.7 Å². The number of hydrogen-bond donors (Lipinski definition) is 4. The molecule has 0 fully saturated rings. The molecule has 10 nitrogen and oxygen atoms in total. The predicted molar refractivity (Wildman–Crippen MR) is 129 cm³/mol. The quantitative estimate of drug-likeness (QED) is 0.350. The Labute approximate surface area is 198 Å². The Balaban J connectivity index is 1.74. The molecule has 1 aromatic carbocycles. The van der Waals surface area contributed by atoms with E-state index >= 15 is 0 Å². The Bertz CT molecular complexity index is 1020. The number of hydrogen-bond acceptors (Lipinski definition) is 8. The van der Waals surface area contributed by atoms with Gasteiger partial charge in [-0.3, -0.25) is 4.79 Å². The summed E-state index contributed by atoms with van der Waals surface area (Å²) in [5.41, 5.74) is 0.969. The summed E-state index contributed by atoms with van der Waals surface area (Å²) in [6, 6.07) is 9.24. The van der Waals surface area contributed by atoms with Crippen molar-refractivity contribution in [3.63, 3.8) is 0 Å². The average molecular weight is 498 g/mol. The second-order valence-electron chi connectivity index (χ2n) is 8.23. The highest BCUT2D eigenvalue weighted by Gasteiger charge is 2.21. The molecule has 0 aliphatic rings. The molecule has 1 aromatic heterocycles. The van der Waals surface area contributed by atoms with E-state index < -0.39 is 27.9 Å². The molecule has 2 rings (SSSR count). The molecule has 12 heteroatoms. The highest BCUT2D eigenvalue weighted by atomic mass is 32.2. The number of carbonyl (C=O) groups is 2. The zero-order chi connectivity index (χ0) is 24.5. The summed E-state index contributed by atoms with van der Waals surface area (Å²) in [4.78, 5) is 28.6. The van der Waals surface area contributed by atoms with Crippen LogP contribution in [0.4, 0.5) is 9.93 Å². The summed E-state index contributed by atoms with van der Waals surface area (Å²) in [6.45, 7) is 5.02. The second kappa shape index (κ2) is 12.1. The van der Waals surface area contributed by atoms with Gasteiger partial charge >= 0.3 is 16.3 Å². The zero-order valence-corrected chi connectivity index (χ0v) is 20.8. The van der Waals surface area contributed by atoms with Crippen LogP contribution in [0.25, 0.3) is 11.3 Å². The first kappa shape index (κ1) is 26.7. The van der Waals surface area contributed by atoms with Crippen molar-refractivity contribution >= 4 is 38.7 Å². The van der Waals surface area contributed by atoms with Gasteiger partial charge in [0.25, 0.3) is 0 Å². The van der Waals surface area contributed by atoms with Crippen LogP contribution in [-0.2, 0) is 19.7 Å². The summed E-state index contributed by atoms with van der Waals surface area (Å²) in [6.07, 6.45) is 0.525. The average Bonchev–Trinajstić information content (AvgIpc) is 3.17. The summed E-state index contributed by atoms with van der Waals surface area (Å²) in [7, 11) is -2.32. The number of carbonyl (C=O) groups excluding carboxylic acids is 2. The fourth-order valence-corrected chi connectivity index (χ4v) is 4.27. The third-order valence-electron chi connectivity index (χ3n) is 4.30. The van der Waals surface area contributed by atoms with Crippen molar-refractivity contribution in [3.8, 4) is 11.3 Å². The van der Waals surface area contributed by atoms with Gasteiger partial charge in [0.15, 0.2) is 5.13 Å². The molecule has 0 radical (unpaired) electrons. The van der Waals surface area contributed by atoms with Crippen molar-refractivity contribution < 1.29 is 22.7 Å². The molecule has 0 saturated heterocycles. The minimum atomic E-state index is -4.01. The topological polar surface area (TPSA) is 139 Å². The molecule has 0 aliphatic carbocycles. The first-order valence-electron chi connectivity index (χ1n) is 10.5. The van der Waals surface area contributed by atoms with Crippen LogP contribution in [0.3, 0.4) is 0 Å². The maximum atomic E-state index is 12.6. The van der Waals surface area contributed by atoms with E-state index in [1.807, 2.05) is 35.7 Å². The van der Waals surface area contributed by atoms with Gasteiger partial charge in [-0.2, -0.15) is 13.1 Å². The van der Waals surface area contributed by atoms with Gasteiger partial charge in [0.1, 0.15) is 5.60 Å². The Morgan fingerprint density at radius 1 is 1.15 bits per heavy atom. The van der Waals surface area contributed by atoms with Gasteiger partial charge in [-0.15, -0.1) is 11.3 Å². The number of nitrogens with one attached hydrogen (secondary N) is 4. The number of aromatic nitrogens is 1. The number of nitrogens with zero attached hydrogens (tertiary/aromatic N) is 1. The number of likely N-dealkylation sites (N-methyl/N-ethyl adjacent to an activating group) is 1. The van der Waals surface area contributed by atoms with Crippen LogP contribution in [-0.4, -0.2) is 50.6 Å². The van der Waals surface area contributed by atoms with E-state index in [-0.39, 0.29) is 12.5 Å². The van der Waals surface area contributed by atoms with Crippen LogP contribution in [0.2, 0.25) is 0 Å². The lowest BCUT2D eigenvalue weighted by molar-refractivity contribution is -0.118. The SMILES string of the molecule is CN[C@@H](CCCCNS(=O)(=O)NC(=O)OC(C)(C)C)C(=O)Nc1nc(-c2ccccc2)cs1. The van der Waals surface area contributed by atoms with Crippen molar-refractivity contribution in [2.24, 2.45) is 0 Å². The first-order chi connectivity index (χ1) is 15.5. The molecule has 0 saturated carbocycles. The van der Waals surface area contributed by atoms with Crippen molar-refractivity contribution in [1.29, 1.82) is 0 Å². The van der Waals surface area contributed by atoms with Gasteiger partial charge < -0.3 is 15.4 Å². The molecule has 2 aromatic rings. The third kappa shape index (κ3) is 9.86. The Kier molecular flexibility index (Phi) is 9.77. The molecule has 2 amide bonds. The summed E-state index contributed by atoms with van der Waals surface area (Å²) < 4.78 is 32.8. The maximum absolute atomic E-state index is 12.6. The highest BCUT2D eigenvalue weighted by Crippen LogP contribution is 2.24. The monoisotopic (exact) mass is 497 g/mol. The molecule has 4 N–H and O–H groups in total. The molecule has 0 bridgehead atoms. The van der Waals surface area contributed by atoms with E-state index in [2.05, 4.69) is 20.3 Å². The molecule has 1 heterocycles. The minimum Gasteiger partial charge on any atom is -0.443 e. The van der Waals surface area contributed by atoms with Crippen LogP contribution >= 0.6 is 11.3 Å². The van der Waals surface area contributed by atoms with Gasteiger partial charge in [0.2, 0.25) is 5.91 Å². The first-order valence-corrected chi connectivity index (χ1v) is 12.8. The normalized spacial score (nSPS) is 12.7. The molecular weight excluding hydrogens is 466 g/mol. The van der Waals surface area contributed by atoms with Crippen LogP contribution in [0.5, 0.6) is 0 Å². The van der Waals surface area contributed by atoms with Gasteiger partial charge in [-0.1, -0.05) is 36.8 Å². The lowest BCUT2D eigenvalue weighted by Gasteiger charge is -2.19. The molecule has 33 heavy (non-hydrogen) atoms. The summed E-state index contributed by atoms with van der Waals surface area (Å²) in [5.74, 6) is -0.210. The van der Waals surface area contributed by atoms with Crippen LogP contribution in [0, 0.1) is 0 Å². The Morgan fingerprint density at radius 2 is 1.85 bits per heavy atom. The second-order valence-corrected chi connectivity index (χ2v) is 10.6. The van der Waals surface area contributed by atoms with Gasteiger partial charge in [-0.05, 0) is 40.7 Å². The smallest absolute Gasteiger partial charge is 0.422 e. The number of anilines is 1. The molecule has 1 atom stereocenters. The Hall–Kier alpha value is -2.54. The number of unbranched alkanes of at least 4 members (excludes halogenated alkanes) is 1. The number of rotatable bonds is 11. The molecular formula is C21H31N5O5S2. The fourth-order valence-electron chi connectivity index (χ4n) is 2.80. The number of benzene rings is 1. The van der Waals surface area contributed by atoms with E-state index in [0.29, 0.717) is 24.4 Å². The zero-order valence-electron chi connectivity index (χ0n) is 19.2. The van der Waals surface area contributed by atoms with Crippen LogP contribution < -0.4 is 20.1 Å². The van der Waals surface area contributed by atoms with E-state index in [1.54, 1.807) is 32.5 Å². The van der Waals surface area contributed by atoms with Crippen molar-refractivity contribution in [1.82, 2.24) is 19.7 Å². The summed E-state index contributed by atoms with van der Waals surface area (Å²) in [5, 5.41) is 8.19. The molecule has 182 valence electrons. The van der Waals surface area contributed by atoms with Gasteiger partial charge in [0, 0.05) is 17.5 Å². The van der Waals surface area contributed by atoms with E-state index in [9.17, 15) is 18.0 Å². The lowest BCUT2D eigenvalue weighted by atomic mass is 10.1. The molecule has 0 spiro atoms. The number of amides is 2. The standard InChI is InChI=1S/C21H31N5O5S2/c1-21(2,3)31-20(28)26-33(29,30)23-13-9-8-12-16(22-4)18(27)25-19-24-17(14-32-19)15-10-6-5-7-11-15/h5-7,10-11,14,16,22-23H,8-9,12-13H2,1-4H3,(H,26,28)(H,24,25,27)/t16-/m0/s1. The van der Waals surface area contributed by atoms with Crippen LogP contribution in [0.1, 0.15) is 40.0 Å². The number of ether oxygens (including phenoxy) is 1. The number of thiazole rings is 1. The van der Waals surface area contributed by atoms with E-state index in [1.165, 1.54) is 11.3 Å². The predicted octanol–water partition coefficient (Wildman–Crippen LogP) is 2.87. The highest BCUT2D eigenvalue weighted by molar-refractivity contribution is 7.88. The Morgan fingerprint density at radius 3 is 2.48 bits per heavy atom. The van der Waals surface area contributed by atoms with Gasteiger partial charge in [-0.25, -0.2) is 14.5 Å². The van der Waals surface area contributed by atoms with Crippen LogP contribution in [0.15, 0.2) is 35.7 Å². The third-order valence-corrected chi connectivity index (χ3v) is 6.07. The van der Waals surface area contributed by atoms with E-state index in [0.717, 1.165) is 11.3 Å². The molecule has 0 unspecified atom stereocenters. The summed E-state index contributed by atoms with van der Waals surface area (Å²) >= 11 is 1.35. The van der Waals surface area contributed by atoms with Crippen molar-refractivity contribution in [2.75, 3.05) is 18.9 Å². The molecule has 0 aliphatic heterocycles. The van der Waals surface area contributed by atoms with Crippen molar-refractivity contribution in [3.05, 3.63) is 35.7 Å². The maximum Gasteiger partial charge on any atom is 0.422 e.